The fourth-order valence-corrected chi connectivity index (χ4v) is 6.81. The van der Waals surface area contributed by atoms with Crippen molar-refractivity contribution in [2.24, 2.45) is 5.92 Å². The van der Waals surface area contributed by atoms with E-state index in [0.717, 1.165) is 10.3 Å². The highest BCUT2D eigenvalue weighted by molar-refractivity contribution is 7.89. The molecule has 0 saturated carbocycles. The van der Waals surface area contributed by atoms with Gasteiger partial charge in [0, 0.05) is 19.1 Å². The lowest BCUT2D eigenvalue weighted by Gasteiger charge is -2.30. The lowest BCUT2D eigenvalue weighted by atomic mass is 10.0. The molecule has 10 nitrogen and oxygen atoms in total. The number of aliphatic hydroxyl groups excluding tert-OH is 1. The van der Waals surface area contributed by atoms with Gasteiger partial charge in [-0.3, -0.25) is 0 Å². The molecule has 3 aromatic rings. The van der Waals surface area contributed by atoms with Gasteiger partial charge in [0.15, 0.2) is 5.13 Å². The summed E-state index contributed by atoms with van der Waals surface area (Å²) in [6, 6.07) is 11.1. The first-order valence-electron chi connectivity index (χ1n) is 12.4. The molecule has 208 valence electrons. The number of nitrogens with one attached hydrogen (secondary N) is 2. The summed E-state index contributed by atoms with van der Waals surface area (Å²) < 4.78 is 34.7. The van der Waals surface area contributed by atoms with Crippen LogP contribution in [0.3, 0.4) is 0 Å². The maximum Gasteiger partial charge on any atom is 0.404 e. The highest BCUT2D eigenvalue weighted by atomic mass is 32.2. The maximum absolute atomic E-state index is 13.7. The number of hydrogen-bond donors (Lipinski definition) is 4. The molecule has 0 saturated heterocycles. The smallest absolute Gasteiger partial charge is 0.404 e. The first kappa shape index (κ1) is 29.6. The van der Waals surface area contributed by atoms with Crippen molar-refractivity contribution < 1.29 is 28.2 Å². The Morgan fingerprint density at radius 1 is 1.13 bits per heavy atom. The van der Waals surface area contributed by atoms with Crippen molar-refractivity contribution in [3.8, 4) is 5.75 Å². The molecular weight excluding hydrogens is 528 g/mol. The van der Waals surface area contributed by atoms with E-state index in [-0.39, 0.29) is 36.4 Å². The summed E-state index contributed by atoms with van der Waals surface area (Å²) in [5, 5.41) is 26.8. The monoisotopic (exact) mass is 564 g/mol. The summed E-state index contributed by atoms with van der Waals surface area (Å²) in [5.74, 6) is 0.565. The number of aromatic nitrogens is 1. The molecule has 4 N–H and O–H groups in total. The minimum absolute atomic E-state index is 0.0322. The predicted octanol–water partition coefficient (Wildman–Crippen LogP) is 4.01. The van der Waals surface area contributed by atoms with E-state index in [0.29, 0.717) is 16.4 Å². The molecule has 0 aliphatic heterocycles. The molecule has 2 aromatic carbocycles. The summed E-state index contributed by atoms with van der Waals surface area (Å²) in [6.07, 6.45) is -2.46. The number of nitrogens with zero attached hydrogens (tertiary/aromatic N) is 2. The Labute approximate surface area is 227 Å². The van der Waals surface area contributed by atoms with Crippen molar-refractivity contribution in [2.75, 3.05) is 25.5 Å². The zero-order valence-electron chi connectivity index (χ0n) is 22.2. The molecule has 0 bridgehead atoms. The van der Waals surface area contributed by atoms with E-state index < -0.39 is 28.3 Å². The zero-order chi connectivity index (χ0) is 28.0. The first-order valence-corrected chi connectivity index (χ1v) is 14.6. The van der Waals surface area contributed by atoms with Gasteiger partial charge >= 0.3 is 6.09 Å². The third kappa shape index (κ3) is 7.79. The lowest BCUT2D eigenvalue weighted by molar-refractivity contribution is 0.0980. The van der Waals surface area contributed by atoms with Gasteiger partial charge in [0.25, 0.3) is 0 Å². The largest absolute Gasteiger partial charge is 0.497 e. The quantitative estimate of drug-likeness (QED) is 0.244. The van der Waals surface area contributed by atoms with Gasteiger partial charge in [-0.1, -0.05) is 37.3 Å². The van der Waals surface area contributed by atoms with Crippen LogP contribution in [-0.2, 0) is 16.4 Å². The lowest BCUT2D eigenvalue weighted by Crippen LogP contribution is -2.50. The molecule has 0 aliphatic rings. The van der Waals surface area contributed by atoms with Crippen molar-refractivity contribution >= 4 is 42.8 Å². The highest BCUT2D eigenvalue weighted by Crippen LogP contribution is 2.30. The van der Waals surface area contributed by atoms with Crippen LogP contribution in [0.5, 0.6) is 5.75 Å². The zero-order valence-corrected chi connectivity index (χ0v) is 23.8. The maximum atomic E-state index is 13.7. The van der Waals surface area contributed by atoms with Crippen LogP contribution in [0.15, 0.2) is 47.4 Å². The van der Waals surface area contributed by atoms with Crippen LogP contribution in [0.4, 0.5) is 9.93 Å². The fourth-order valence-electron chi connectivity index (χ4n) is 4.03. The van der Waals surface area contributed by atoms with E-state index >= 15 is 0 Å². The Kier molecular flexibility index (Phi) is 9.94. The van der Waals surface area contributed by atoms with E-state index in [4.69, 9.17) is 4.74 Å². The number of hydrogen-bond acceptors (Lipinski definition) is 8. The molecule has 0 radical (unpaired) electrons. The molecule has 0 aliphatic carbocycles. The SMILES string of the molecule is COc1cccc(CC(NC(=O)O)[C@H](O)CN(CC(C)C)S(=O)(=O)c2ccc3nc(NC(C)C)sc3c2)c1. The third-order valence-corrected chi connectivity index (χ3v) is 8.51. The molecule has 0 spiro atoms. The number of rotatable bonds is 13. The van der Waals surface area contributed by atoms with Crippen molar-refractivity contribution in [3.63, 3.8) is 0 Å². The third-order valence-electron chi connectivity index (χ3n) is 5.73. The highest BCUT2D eigenvalue weighted by Gasteiger charge is 2.31. The topological polar surface area (TPSA) is 141 Å². The second kappa shape index (κ2) is 12.7. The van der Waals surface area contributed by atoms with Gasteiger partial charge in [0.05, 0.1) is 34.4 Å². The first-order chi connectivity index (χ1) is 17.9. The second-order valence-electron chi connectivity index (χ2n) is 9.84. The number of methoxy groups -OCH3 is 1. The molecule has 1 aromatic heterocycles. The van der Waals surface area contributed by atoms with Gasteiger partial charge in [-0.15, -0.1) is 0 Å². The van der Waals surface area contributed by atoms with E-state index in [1.807, 2.05) is 27.7 Å². The minimum Gasteiger partial charge on any atom is -0.497 e. The number of anilines is 1. The van der Waals surface area contributed by atoms with Crippen molar-refractivity contribution in [1.82, 2.24) is 14.6 Å². The van der Waals surface area contributed by atoms with E-state index in [1.165, 1.54) is 28.8 Å². The number of amides is 1. The normalized spacial score (nSPS) is 13.7. The number of ether oxygens (including phenoxy) is 1. The molecule has 38 heavy (non-hydrogen) atoms. The summed E-state index contributed by atoms with van der Waals surface area (Å²) in [4.78, 5) is 16.1. The number of carbonyl (C=O) groups is 1. The average Bonchev–Trinajstić information content (AvgIpc) is 3.23. The van der Waals surface area contributed by atoms with Crippen molar-refractivity contribution in [1.29, 1.82) is 0 Å². The van der Waals surface area contributed by atoms with Gasteiger partial charge in [0.2, 0.25) is 10.0 Å². The standard InChI is InChI=1S/C26H36N4O6S2/c1-16(2)14-30(15-23(31)22(29-26(32)33)12-18-7-6-8-19(11-18)36-5)38(34,35)20-9-10-21-24(13-20)37-25(28-21)27-17(3)4/h6-11,13,16-17,22-23,29,31H,12,14-15H2,1-5H3,(H,27,28)(H,32,33)/t22?,23-/m1/s1. The average molecular weight is 565 g/mol. The van der Waals surface area contributed by atoms with Crippen LogP contribution in [0, 0.1) is 5.92 Å². The number of sulfonamides is 1. The Hall–Kier alpha value is -2.93. The van der Waals surface area contributed by atoms with Gasteiger partial charge in [-0.25, -0.2) is 18.2 Å². The van der Waals surface area contributed by atoms with Gasteiger partial charge in [-0.2, -0.15) is 4.31 Å². The second-order valence-corrected chi connectivity index (χ2v) is 12.8. The molecule has 12 heteroatoms. The molecule has 1 amide bonds. The number of fused-ring (bicyclic) bond motifs is 1. The van der Waals surface area contributed by atoms with E-state index in [1.54, 1.807) is 36.4 Å². The van der Waals surface area contributed by atoms with Gasteiger partial charge in [0.1, 0.15) is 5.75 Å². The molecule has 1 unspecified atom stereocenters. The minimum atomic E-state index is -4.01. The van der Waals surface area contributed by atoms with Crippen molar-refractivity contribution in [2.45, 2.75) is 57.2 Å². The predicted molar refractivity (Wildman–Crippen MR) is 150 cm³/mol. The molecular formula is C26H36N4O6S2. The molecule has 1 heterocycles. The fraction of sp³-hybridized carbons (Fsp3) is 0.462. The van der Waals surface area contributed by atoms with Crippen LogP contribution < -0.4 is 15.4 Å². The summed E-state index contributed by atoms with van der Waals surface area (Å²) in [7, 11) is -2.48. The Morgan fingerprint density at radius 3 is 2.50 bits per heavy atom. The number of aliphatic hydroxyl groups is 1. The summed E-state index contributed by atoms with van der Waals surface area (Å²) in [6.45, 7) is 7.63. The number of benzene rings is 2. The van der Waals surface area contributed by atoms with Gasteiger partial charge in [-0.05, 0) is 62.1 Å². The van der Waals surface area contributed by atoms with E-state index in [9.17, 15) is 23.4 Å². The summed E-state index contributed by atoms with van der Waals surface area (Å²) >= 11 is 1.37. The van der Waals surface area contributed by atoms with Crippen LogP contribution in [0.25, 0.3) is 10.2 Å². The molecule has 0 fully saturated rings. The number of carboxylic acid groups (broad SMARTS) is 1. The van der Waals surface area contributed by atoms with Crippen LogP contribution in [-0.4, -0.2) is 72.4 Å². The van der Waals surface area contributed by atoms with E-state index in [2.05, 4.69) is 15.6 Å². The van der Waals surface area contributed by atoms with Crippen LogP contribution in [0.2, 0.25) is 0 Å². The Balaban J connectivity index is 1.89. The van der Waals surface area contributed by atoms with Crippen molar-refractivity contribution in [3.05, 3.63) is 48.0 Å². The number of thiazole rings is 1. The summed E-state index contributed by atoms with van der Waals surface area (Å²) in [5.41, 5.74) is 1.43. The van der Waals surface area contributed by atoms with Gasteiger partial charge < -0.3 is 25.6 Å². The Morgan fingerprint density at radius 2 is 1.87 bits per heavy atom. The van der Waals surface area contributed by atoms with Crippen LogP contribution in [0.1, 0.15) is 33.3 Å². The van der Waals surface area contributed by atoms with Crippen LogP contribution >= 0.6 is 11.3 Å². The molecule has 2 atom stereocenters. The Bertz CT molecular complexity index is 1340. The molecule has 3 rings (SSSR count).